The van der Waals surface area contributed by atoms with E-state index in [0.717, 1.165) is 0 Å². The minimum atomic E-state index is -0.621. The molecule has 62 valence electrons. The predicted molar refractivity (Wildman–Crippen MR) is 44.0 cm³/mol. The Morgan fingerprint density at radius 2 is 2.33 bits per heavy atom. The molecule has 2 nitrogen and oxygen atoms in total. The van der Waals surface area contributed by atoms with E-state index >= 15 is 0 Å². The van der Waals surface area contributed by atoms with Gasteiger partial charge in [-0.2, -0.15) is 4.99 Å². The molecule has 0 heterocycles. The van der Waals surface area contributed by atoms with Gasteiger partial charge >= 0.3 is 0 Å². The molecular formula is C8H5ClFNO. The molecule has 0 N–H and O–H groups in total. The van der Waals surface area contributed by atoms with Crippen molar-refractivity contribution >= 4 is 23.4 Å². The third-order valence-corrected chi connectivity index (χ3v) is 1.71. The zero-order valence-electron chi connectivity index (χ0n) is 6.05. The SMILES string of the molecule is O=C=Nc1ccc(CF)c(Cl)c1. The van der Waals surface area contributed by atoms with Crippen LogP contribution in [0.25, 0.3) is 0 Å². The van der Waals surface area contributed by atoms with Gasteiger partial charge in [0.05, 0.1) is 5.69 Å². The Balaban J connectivity index is 3.09. The van der Waals surface area contributed by atoms with Gasteiger partial charge in [0.15, 0.2) is 0 Å². The summed E-state index contributed by atoms with van der Waals surface area (Å²) < 4.78 is 12.1. The van der Waals surface area contributed by atoms with E-state index in [2.05, 4.69) is 4.99 Å². The molecule has 1 aromatic carbocycles. The Morgan fingerprint density at radius 3 is 2.83 bits per heavy atom. The lowest BCUT2D eigenvalue weighted by Gasteiger charge is -1.97. The van der Waals surface area contributed by atoms with Crippen LogP contribution in [0.15, 0.2) is 23.2 Å². The molecule has 0 aliphatic heterocycles. The van der Waals surface area contributed by atoms with Gasteiger partial charge in [0, 0.05) is 10.6 Å². The molecule has 0 fully saturated rings. The van der Waals surface area contributed by atoms with E-state index in [1.807, 2.05) is 0 Å². The maximum atomic E-state index is 12.1. The van der Waals surface area contributed by atoms with Gasteiger partial charge in [0.25, 0.3) is 0 Å². The predicted octanol–water partition coefficient (Wildman–Crippen LogP) is 2.78. The average molecular weight is 186 g/mol. The molecule has 0 unspecified atom stereocenters. The van der Waals surface area contributed by atoms with Gasteiger partial charge in [-0.05, 0) is 12.1 Å². The van der Waals surface area contributed by atoms with Gasteiger partial charge < -0.3 is 0 Å². The molecule has 1 rings (SSSR count). The molecule has 12 heavy (non-hydrogen) atoms. The quantitative estimate of drug-likeness (QED) is 0.515. The second kappa shape index (κ2) is 4.00. The fourth-order valence-electron chi connectivity index (χ4n) is 0.767. The van der Waals surface area contributed by atoms with Crippen LogP contribution in [-0.2, 0) is 11.5 Å². The molecule has 0 atom stereocenters. The monoisotopic (exact) mass is 185 g/mol. The molecule has 0 radical (unpaired) electrons. The third-order valence-electron chi connectivity index (χ3n) is 1.36. The maximum absolute atomic E-state index is 12.1. The highest BCUT2D eigenvalue weighted by atomic mass is 35.5. The van der Waals surface area contributed by atoms with Gasteiger partial charge in [-0.25, -0.2) is 9.18 Å². The van der Waals surface area contributed by atoms with Crippen molar-refractivity contribution in [2.75, 3.05) is 0 Å². The summed E-state index contributed by atoms with van der Waals surface area (Å²) in [7, 11) is 0. The van der Waals surface area contributed by atoms with Gasteiger partial charge in [-0.1, -0.05) is 17.7 Å². The minimum absolute atomic E-state index is 0.272. The summed E-state index contributed by atoms with van der Waals surface area (Å²) in [6.45, 7) is -0.621. The van der Waals surface area contributed by atoms with Gasteiger partial charge in [-0.15, -0.1) is 0 Å². The molecule has 0 aliphatic carbocycles. The van der Waals surface area contributed by atoms with E-state index < -0.39 is 6.67 Å². The van der Waals surface area contributed by atoms with E-state index in [1.165, 1.54) is 24.3 Å². The lowest BCUT2D eigenvalue weighted by molar-refractivity contribution is 0.485. The molecule has 0 aromatic heterocycles. The first-order chi connectivity index (χ1) is 5.77. The Labute approximate surface area is 73.7 Å². The number of isocyanates is 1. The Bertz CT molecular complexity index is 334. The highest BCUT2D eigenvalue weighted by Gasteiger charge is 1.99. The summed E-state index contributed by atoms with van der Waals surface area (Å²) >= 11 is 5.64. The number of hydrogen-bond acceptors (Lipinski definition) is 2. The second-order valence-electron chi connectivity index (χ2n) is 2.11. The third kappa shape index (κ3) is 1.91. The van der Waals surface area contributed by atoms with Crippen LogP contribution in [0.4, 0.5) is 10.1 Å². The summed E-state index contributed by atoms with van der Waals surface area (Å²) in [4.78, 5) is 13.2. The van der Waals surface area contributed by atoms with Crippen LogP contribution in [0.3, 0.4) is 0 Å². The Morgan fingerprint density at radius 1 is 1.58 bits per heavy atom. The molecule has 1 aromatic rings. The largest absolute Gasteiger partial charge is 0.246 e. The van der Waals surface area contributed by atoms with Crippen molar-refractivity contribution in [1.82, 2.24) is 0 Å². The molecule has 0 spiro atoms. The highest BCUT2D eigenvalue weighted by molar-refractivity contribution is 6.31. The van der Waals surface area contributed by atoms with E-state index in [4.69, 9.17) is 11.6 Å². The molecular weight excluding hydrogens is 181 g/mol. The van der Waals surface area contributed by atoms with Crippen LogP contribution in [0.5, 0.6) is 0 Å². The summed E-state index contributed by atoms with van der Waals surface area (Å²) in [6.07, 6.45) is 1.37. The molecule has 0 aliphatic rings. The van der Waals surface area contributed by atoms with Crippen molar-refractivity contribution in [1.29, 1.82) is 0 Å². The topological polar surface area (TPSA) is 29.4 Å². The zero-order chi connectivity index (χ0) is 8.97. The van der Waals surface area contributed by atoms with Crippen molar-refractivity contribution in [2.24, 2.45) is 4.99 Å². The average Bonchev–Trinajstić information content (AvgIpc) is 2.05. The van der Waals surface area contributed by atoms with E-state index in [-0.39, 0.29) is 5.02 Å². The standard InChI is InChI=1S/C8H5ClFNO/c9-8-3-7(11-5-12)2-1-6(8)4-10/h1-3H,4H2. The summed E-state index contributed by atoms with van der Waals surface area (Å²) in [5, 5.41) is 0.272. The Hall–Kier alpha value is -1.18. The number of halogens is 2. The first kappa shape index (κ1) is 8.91. The lowest BCUT2D eigenvalue weighted by Crippen LogP contribution is -1.78. The number of nitrogens with zero attached hydrogens (tertiary/aromatic N) is 1. The number of aliphatic imine (C=N–C) groups is 1. The highest BCUT2D eigenvalue weighted by Crippen LogP contribution is 2.22. The number of alkyl halides is 1. The van der Waals surface area contributed by atoms with Crippen molar-refractivity contribution in [2.45, 2.75) is 6.67 Å². The molecule has 0 bridgehead atoms. The summed E-state index contributed by atoms with van der Waals surface area (Å²) in [6, 6.07) is 4.41. The Kier molecular flexibility index (Phi) is 2.97. The first-order valence-electron chi connectivity index (χ1n) is 3.20. The van der Waals surface area contributed by atoms with Gasteiger partial charge in [-0.3, -0.25) is 0 Å². The van der Waals surface area contributed by atoms with Crippen molar-refractivity contribution < 1.29 is 9.18 Å². The smallest absolute Gasteiger partial charge is 0.240 e. The van der Waals surface area contributed by atoms with Crippen LogP contribution in [0, 0.1) is 0 Å². The zero-order valence-corrected chi connectivity index (χ0v) is 6.81. The van der Waals surface area contributed by atoms with Crippen LogP contribution >= 0.6 is 11.6 Å². The van der Waals surface area contributed by atoms with Crippen LogP contribution in [0.1, 0.15) is 5.56 Å². The molecule has 0 saturated heterocycles. The van der Waals surface area contributed by atoms with Gasteiger partial charge in [0.2, 0.25) is 6.08 Å². The summed E-state index contributed by atoms with van der Waals surface area (Å²) in [5.41, 5.74) is 0.772. The molecule has 0 amide bonds. The second-order valence-corrected chi connectivity index (χ2v) is 2.52. The fourth-order valence-corrected chi connectivity index (χ4v) is 0.992. The normalized spacial score (nSPS) is 9.17. The first-order valence-corrected chi connectivity index (χ1v) is 3.58. The van der Waals surface area contributed by atoms with Crippen molar-refractivity contribution in [3.63, 3.8) is 0 Å². The van der Waals surface area contributed by atoms with E-state index in [9.17, 15) is 9.18 Å². The van der Waals surface area contributed by atoms with E-state index in [1.54, 1.807) is 0 Å². The van der Waals surface area contributed by atoms with Crippen molar-refractivity contribution in [3.05, 3.63) is 28.8 Å². The number of benzene rings is 1. The van der Waals surface area contributed by atoms with Crippen LogP contribution in [0.2, 0.25) is 5.02 Å². The van der Waals surface area contributed by atoms with Crippen molar-refractivity contribution in [3.8, 4) is 0 Å². The maximum Gasteiger partial charge on any atom is 0.240 e. The van der Waals surface area contributed by atoms with Crippen LogP contribution in [-0.4, -0.2) is 6.08 Å². The summed E-state index contributed by atoms with van der Waals surface area (Å²) in [5.74, 6) is 0. The fraction of sp³-hybridized carbons (Fsp3) is 0.125. The molecule has 4 heteroatoms. The number of carbonyl (C=O) groups excluding carboxylic acids is 1. The number of rotatable bonds is 2. The van der Waals surface area contributed by atoms with Gasteiger partial charge in [0.1, 0.15) is 6.67 Å². The number of hydrogen-bond donors (Lipinski definition) is 0. The lowest BCUT2D eigenvalue weighted by atomic mass is 10.2. The van der Waals surface area contributed by atoms with E-state index in [0.29, 0.717) is 11.3 Å². The van der Waals surface area contributed by atoms with Crippen LogP contribution < -0.4 is 0 Å². The minimum Gasteiger partial charge on any atom is -0.246 e. The molecule has 0 saturated carbocycles.